The van der Waals surface area contributed by atoms with E-state index in [2.05, 4.69) is 21.7 Å². The third kappa shape index (κ3) is 2.67. The zero-order valence-corrected chi connectivity index (χ0v) is 9.65. The summed E-state index contributed by atoms with van der Waals surface area (Å²) in [6.45, 7) is 0.804. The molecule has 0 saturated heterocycles. The molecule has 16 heavy (non-hydrogen) atoms. The van der Waals surface area contributed by atoms with Gasteiger partial charge < -0.3 is 10.3 Å². The third-order valence-electron chi connectivity index (χ3n) is 2.33. The van der Waals surface area contributed by atoms with Crippen LogP contribution in [0.15, 0.2) is 42.7 Å². The number of imidazole rings is 1. The number of rotatable bonds is 4. The standard InChI is InChI=1S/C12H13N3S/c13-11(16)8-12-14-6-7-15(12)9-10-4-2-1-3-5-10/h1-7H,8-9H2,(H2,13,16). The number of aromatic nitrogens is 2. The lowest BCUT2D eigenvalue weighted by Gasteiger charge is -2.07. The van der Waals surface area contributed by atoms with Crippen molar-refractivity contribution in [1.82, 2.24) is 9.55 Å². The van der Waals surface area contributed by atoms with Crippen molar-refractivity contribution < 1.29 is 0 Å². The van der Waals surface area contributed by atoms with Crippen LogP contribution in [0.4, 0.5) is 0 Å². The van der Waals surface area contributed by atoms with Crippen molar-refractivity contribution in [2.75, 3.05) is 0 Å². The van der Waals surface area contributed by atoms with E-state index in [1.165, 1.54) is 5.56 Å². The first kappa shape index (κ1) is 10.8. The van der Waals surface area contributed by atoms with Crippen molar-refractivity contribution in [1.29, 1.82) is 0 Å². The summed E-state index contributed by atoms with van der Waals surface area (Å²) in [6, 6.07) is 10.2. The van der Waals surface area contributed by atoms with Gasteiger partial charge in [0.15, 0.2) is 0 Å². The largest absolute Gasteiger partial charge is 0.393 e. The Morgan fingerprint density at radius 1 is 1.31 bits per heavy atom. The normalized spacial score (nSPS) is 10.2. The summed E-state index contributed by atoms with van der Waals surface area (Å²) in [6.07, 6.45) is 4.27. The van der Waals surface area contributed by atoms with Gasteiger partial charge in [0.2, 0.25) is 0 Å². The zero-order valence-electron chi connectivity index (χ0n) is 8.84. The van der Waals surface area contributed by atoms with E-state index in [4.69, 9.17) is 18.0 Å². The van der Waals surface area contributed by atoms with E-state index in [0.717, 1.165) is 12.4 Å². The maximum absolute atomic E-state index is 5.52. The molecule has 0 atom stereocenters. The molecule has 0 saturated carbocycles. The SMILES string of the molecule is NC(=S)Cc1nccn1Cc1ccccc1. The molecule has 0 amide bonds. The van der Waals surface area contributed by atoms with Crippen LogP contribution in [0.5, 0.6) is 0 Å². The van der Waals surface area contributed by atoms with Crippen LogP contribution < -0.4 is 5.73 Å². The first-order valence-electron chi connectivity index (χ1n) is 5.08. The fraction of sp³-hybridized carbons (Fsp3) is 0.167. The first-order chi connectivity index (χ1) is 7.75. The molecule has 1 aromatic carbocycles. The second-order valence-corrected chi connectivity index (χ2v) is 4.12. The van der Waals surface area contributed by atoms with E-state index in [1.807, 2.05) is 24.4 Å². The first-order valence-corrected chi connectivity index (χ1v) is 5.49. The summed E-state index contributed by atoms with van der Waals surface area (Å²) in [5.41, 5.74) is 6.76. The van der Waals surface area contributed by atoms with Gasteiger partial charge in [-0.1, -0.05) is 42.5 Å². The lowest BCUT2D eigenvalue weighted by atomic mass is 10.2. The van der Waals surface area contributed by atoms with Crippen molar-refractivity contribution >= 4 is 17.2 Å². The van der Waals surface area contributed by atoms with Crippen molar-refractivity contribution in [2.24, 2.45) is 5.73 Å². The van der Waals surface area contributed by atoms with Crippen molar-refractivity contribution in [3.05, 3.63) is 54.1 Å². The van der Waals surface area contributed by atoms with Gasteiger partial charge in [-0.2, -0.15) is 0 Å². The molecule has 3 nitrogen and oxygen atoms in total. The summed E-state index contributed by atoms with van der Waals surface area (Å²) < 4.78 is 2.06. The van der Waals surface area contributed by atoms with Crippen LogP contribution >= 0.6 is 12.2 Å². The van der Waals surface area contributed by atoms with Gasteiger partial charge in [0, 0.05) is 18.9 Å². The highest BCUT2D eigenvalue weighted by atomic mass is 32.1. The predicted octanol–water partition coefficient (Wildman–Crippen LogP) is 1.76. The maximum Gasteiger partial charge on any atom is 0.115 e. The lowest BCUT2D eigenvalue weighted by molar-refractivity contribution is 0.751. The van der Waals surface area contributed by atoms with E-state index < -0.39 is 0 Å². The molecule has 0 spiro atoms. The molecule has 0 aliphatic carbocycles. The van der Waals surface area contributed by atoms with Crippen molar-refractivity contribution in [2.45, 2.75) is 13.0 Å². The predicted molar refractivity (Wildman–Crippen MR) is 68.3 cm³/mol. The van der Waals surface area contributed by atoms with E-state index in [0.29, 0.717) is 11.4 Å². The lowest BCUT2D eigenvalue weighted by Crippen LogP contribution is -2.15. The molecule has 1 heterocycles. The Kier molecular flexibility index (Phi) is 3.31. The topological polar surface area (TPSA) is 43.8 Å². The highest BCUT2D eigenvalue weighted by Gasteiger charge is 2.04. The minimum atomic E-state index is 0.473. The molecule has 2 aromatic rings. The molecule has 0 aliphatic heterocycles. The number of thiocarbonyl (C=S) groups is 1. The minimum Gasteiger partial charge on any atom is -0.393 e. The Morgan fingerprint density at radius 3 is 2.75 bits per heavy atom. The van der Waals surface area contributed by atoms with Crippen molar-refractivity contribution in [3.63, 3.8) is 0 Å². The van der Waals surface area contributed by atoms with Gasteiger partial charge in [-0.3, -0.25) is 0 Å². The smallest absolute Gasteiger partial charge is 0.115 e. The highest BCUT2D eigenvalue weighted by molar-refractivity contribution is 7.80. The van der Waals surface area contributed by atoms with Gasteiger partial charge in [0.05, 0.1) is 11.4 Å². The fourth-order valence-corrected chi connectivity index (χ4v) is 1.72. The molecule has 0 aliphatic rings. The molecule has 2 N–H and O–H groups in total. The van der Waals surface area contributed by atoms with Crippen LogP contribution in [0.2, 0.25) is 0 Å². The van der Waals surface area contributed by atoms with Crippen LogP contribution in [-0.2, 0) is 13.0 Å². The zero-order chi connectivity index (χ0) is 11.4. The summed E-state index contributed by atoms with van der Waals surface area (Å²) in [5.74, 6) is 0.913. The number of hydrogen-bond donors (Lipinski definition) is 1. The molecule has 0 bridgehead atoms. The molecule has 0 radical (unpaired) electrons. The second kappa shape index (κ2) is 4.90. The molecular formula is C12H13N3S. The summed E-state index contributed by atoms with van der Waals surface area (Å²) in [5, 5.41) is 0. The third-order valence-corrected chi connectivity index (χ3v) is 2.47. The van der Waals surface area contributed by atoms with Crippen LogP contribution in [0.1, 0.15) is 11.4 Å². The van der Waals surface area contributed by atoms with Gasteiger partial charge in [-0.15, -0.1) is 0 Å². The van der Waals surface area contributed by atoms with Gasteiger partial charge in [0.25, 0.3) is 0 Å². The maximum atomic E-state index is 5.52. The number of nitrogens with two attached hydrogens (primary N) is 1. The molecule has 0 fully saturated rings. The Balaban J connectivity index is 2.16. The molecule has 82 valence electrons. The summed E-state index contributed by atoms with van der Waals surface area (Å²) in [7, 11) is 0. The molecular weight excluding hydrogens is 218 g/mol. The Labute approximate surface area is 99.9 Å². The Bertz CT molecular complexity index is 476. The van der Waals surface area contributed by atoms with E-state index in [9.17, 15) is 0 Å². The number of benzene rings is 1. The van der Waals surface area contributed by atoms with Crippen LogP contribution in [0.25, 0.3) is 0 Å². The van der Waals surface area contributed by atoms with E-state index in [1.54, 1.807) is 6.20 Å². The van der Waals surface area contributed by atoms with Gasteiger partial charge in [-0.25, -0.2) is 4.98 Å². The van der Waals surface area contributed by atoms with Gasteiger partial charge >= 0.3 is 0 Å². The minimum absolute atomic E-state index is 0.473. The van der Waals surface area contributed by atoms with Crippen LogP contribution in [0, 0.1) is 0 Å². The van der Waals surface area contributed by atoms with Crippen molar-refractivity contribution in [3.8, 4) is 0 Å². The molecule has 1 aromatic heterocycles. The molecule has 0 unspecified atom stereocenters. The van der Waals surface area contributed by atoms with Crippen LogP contribution in [-0.4, -0.2) is 14.5 Å². The highest BCUT2D eigenvalue weighted by Crippen LogP contribution is 2.05. The number of nitrogens with zero attached hydrogens (tertiary/aromatic N) is 2. The average molecular weight is 231 g/mol. The van der Waals surface area contributed by atoms with E-state index in [-0.39, 0.29) is 0 Å². The van der Waals surface area contributed by atoms with Crippen LogP contribution in [0.3, 0.4) is 0 Å². The summed E-state index contributed by atoms with van der Waals surface area (Å²) >= 11 is 4.89. The quantitative estimate of drug-likeness (QED) is 0.815. The summed E-state index contributed by atoms with van der Waals surface area (Å²) in [4.78, 5) is 4.72. The average Bonchev–Trinajstić information content (AvgIpc) is 2.66. The Morgan fingerprint density at radius 2 is 2.06 bits per heavy atom. The number of hydrogen-bond acceptors (Lipinski definition) is 2. The monoisotopic (exact) mass is 231 g/mol. The second-order valence-electron chi connectivity index (χ2n) is 3.60. The van der Waals surface area contributed by atoms with Gasteiger partial charge in [0.1, 0.15) is 5.82 Å². The molecule has 4 heteroatoms. The Hall–Kier alpha value is -1.68. The van der Waals surface area contributed by atoms with Gasteiger partial charge in [-0.05, 0) is 5.56 Å². The fourth-order valence-electron chi connectivity index (χ4n) is 1.59. The van der Waals surface area contributed by atoms with E-state index >= 15 is 0 Å². The molecule has 2 rings (SSSR count).